The molecule has 0 saturated carbocycles. The Morgan fingerprint density at radius 3 is 2.68 bits per heavy atom. The van der Waals surface area contributed by atoms with Gasteiger partial charge in [-0.1, -0.05) is 18.2 Å². The first kappa shape index (κ1) is 21.8. The van der Waals surface area contributed by atoms with E-state index in [1.807, 2.05) is 13.8 Å². The Kier molecular flexibility index (Phi) is 9.89. The molecule has 0 aliphatic heterocycles. The predicted octanol–water partition coefficient (Wildman–Crippen LogP) is 4.37. The van der Waals surface area contributed by atoms with Crippen LogP contribution in [-0.4, -0.2) is 25.7 Å². The fourth-order valence-corrected chi connectivity index (χ4v) is 3.04. The molecule has 1 heterocycles. The number of hydrogen-bond acceptors (Lipinski definition) is 3. The molecule has 0 unspecified atom stereocenters. The highest BCUT2D eigenvalue weighted by Gasteiger charge is 2.07. The number of aliphatic imine (C=N–C) groups is 1. The van der Waals surface area contributed by atoms with Gasteiger partial charge in [0.15, 0.2) is 5.96 Å². The van der Waals surface area contributed by atoms with Crippen molar-refractivity contribution in [3.05, 3.63) is 51.7 Å². The molecule has 0 atom stereocenters. The largest absolute Gasteiger partial charge is 0.491 e. The van der Waals surface area contributed by atoms with Gasteiger partial charge >= 0.3 is 0 Å². The number of nitrogens with zero attached hydrogens (tertiary/aromatic N) is 1. The van der Waals surface area contributed by atoms with Gasteiger partial charge in [0.1, 0.15) is 5.75 Å². The van der Waals surface area contributed by atoms with E-state index in [2.05, 4.69) is 58.3 Å². The number of aryl methyl sites for hydroxylation is 1. The van der Waals surface area contributed by atoms with Crippen LogP contribution in [0.2, 0.25) is 0 Å². The molecule has 6 heteroatoms. The van der Waals surface area contributed by atoms with Crippen molar-refractivity contribution in [2.24, 2.45) is 4.99 Å². The van der Waals surface area contributed by atoms with Crippen LogP contribution in [0.1, 0.15) is 29.9 Å². The summed E-state index contributed by atoms with van der Waals surface area (Å²) in [4.78, 5) is 5.67. The quantitative estimate of drug-likeness (QED) is 0.357. The maximum absolute atomic E-state index is 5.92. The van der Waals surface area contributed by atoms with E-state index in [-0.39, 0.29) is 30.1 Å². The molecule has 0 saturated heterocycles. The molecule has 25 heavy (non-hydrogen) atoms. The molecule has 2 aromatic rings. The Balaban J connectivity index is 0.00000312. The fourth-order valence-electron chi connectivity index (χ4n) is 2.33. The summed E-state index contributed by atoms with van der Waals surface area (Å²) >= 11 is 1.78. The predicted molar refractivity (Wildman–Crippen MR) is 119 cm³/mol. The van der Waals surface area contributed by atoms with Crippen LogP contribution in [0.4, 0.5) is 0 Å². The number of nitrogens with one attached hydrogen (secondary N) is 2. The molecular formula is C19H28IN3OS. The van der Waals surface area contributed by atoms with Gasteiger partial charge in [-0.05, 0) is 50.3 Å². The first-order valence-corrected chi connectivity index (χ1v) is 9.19. The summed E-state index contributed by atoms with van der Waals surface area (Å²) in [5.74, 6) is 1.74. The van der Waals surface area contributed by atoms with E-state index in [0.717, 1.165) is 30.2 Å². The summed E-state index contributed by atoms with van der Waals surface area (Å²) in [6.07, 6.45) is 1.17. The first-order valence-electron chi connectivity index (χ1n) is 8.31. The lowest BCUT2D eigenvalue weighted by atomic mass is 10.1. The third-order valence-electron chi connectivity index (χ3n) is 3.50. The SMILES string of the molecule is CN=C(NCCc1cccs1)NCc1ccc(C)cc1OC(C)C.I. The summed E-state index contributed by atoms with van der Waals surface area (Å²) in [7, 11) is 1.79. The van der Waals surface area contributed by atoms with Crippen LogP contribution < -0.4 is 15.4 Å². The molecule has 0 fully saturated rings. The first-order chi connectivity index (χ1) is 11.6. The molecule has 138 valence electrons. The smallest absolute Gasteiger partial charge is 0.191 e. The zero-order valence-corrected chi connectivity index (χ0v) is 18.5. The monoisotopic (exact) mass is 473 g/mol. The topological polar surface area (TPSA) is 45.7 Å². The second kappa shape index (κ2) is 11.4. The van der Waals surface area contributed by atoms with Crippen LogP contribution in [-0.2, 0) is 13.0 Å². The summed E-state index contributed by atoms with van der Waals surface area (Å²) in [6, 6.07) is 10.5. The number of thiophene rings is 1. The lowest BCUT2D eigenvalue weighted by molar-refractivity contribution is 0.239. The molecule has 4 nitrogen and oxygen atoms in total. The second-order valence-electron chi connectivity index (χ2n) is 5.96. The molecular weight excluding hydrogens is 445 g/mol. The highest BCUT2D eigenvalue weighted by atomic mass is 127. The molecule has 0 aliphatic carbocycles. The molecule has 2 N–H and O–H groups in total. The maximum atomic E-state index is 5.92. The van der Waals surface area contributed by atoms with Gasteiger partial charge in [-0.25, -0.2) is 0 Å². The normalized spacial score (nSPS) is 11.2. The third kappa shape index (κ3) is 7.64. The van der Waals surface area contributed by atoms with E-state index < -0.39 is 0 Å². The lowest BCUT2D eigenvalue weighted by Gasteiger charge is -2.17. The van der Waals surface area contributed by atoms with Crippen molar-refractivity contribution in [1.82, 2.24) is 10.6 Å². The molecule has 0 bridgehead atoms. The number of hydrogen-bond donors (Lipinski definition) is 2. The van der Waals surface area contributed by atoms with Crippen molar-refractivity contribution < 1.29 is 4.74 Å². The molecule has 1 aromatic heterocycles. The maximum Gasteiger partial charge on any atom is 0.191 e. The van der Waals surface area contributed by atoms with Crippen molar-refractivity contribution in [3.8, 4) is 5.75 Å². The molecule has 2 rings (SSSR count). The number of benzene rings is 1. The molecule has 0 spiro atoms. The van der Waals surface area contributed by atoms with Gasteiger partial charge in [-0.15, -0.1) is 35.3 Å². The van der Waals surface area contributed by atoms with Crippen LogP contribution in [0.25, 0.3) is 0 Å². The van der Waals surface area contributed by atoms with E-state index in [4.69, 9.17) is 4.74 Å². The zero-order valence-electron chi connectivity index (χ0n) is 15.3. The van der Waals surface area contributed by atoms with Gasteiger partial charge in [-0.3, -0.25) is 4.99 Å². The standard InChI is InChI=1S/C19H27N3OS.HI/c1-14(2)23-18-12-15(3)7-8-16(18)13-22-19(20-4)21-10-9-17-6-5-11-24-17;/h5-8,11-12,14H,9-10,13H2,1-4H3,(H2,20,21,22);1H. The molecule has 0 radical (unpaired) electrons. The summed E-state index contributed by atoms with van der Waals surface area (Å²) < 4.78 is 5.92. The summed E-state index contributed by atoms with van der Waals surface area (Å²) in [5, 5.41) is 8.82. The highest BCUT2D eigenvalue weighted by Crippen LogP contribution is 2.21. The number of guanidine groups is 1. The number of rotatable bonds is 7. The Morgan fingerprint density at radius 2 is 2.04 bits per heavy atom. The van der Waals surface area contributed by atoms with E-state index >= 15 is 0 Å². The average Bonchev–Trinajstić information content (AvgIpc) is 3.05. The summed E-state index contributed by atoms with van der Waals surface area (Å²) in [5.41, 5.74) is 2.34. The van der Waals surface area contributed by atoms with Gasteiger partial charge in [0.2, 0.25) is 0 Å². The van der Waals surface area contributed by atoms with Gasteiger partial charge < -0.3 is 15.4 Å². The molecule has 0 aliphatic rings. The average molecular weight is 473 g/mol. The minimum absolute atomic E-state index is 0. The van der Waals surface area contributed by atoms with Crippen molar-refractivity contribution in [2.75, 3.05) is 13.6 Å². The molecule has 1 aromatic carbocycles. The van der Waals surface area contributed by atoms with Crippen molar-refractivity contribution in [3.63, 3.8) is 0 Å². The van der Waals surface area contributed by atoms with Crippen LogP contribution in [0.5, 0.6) is 5.75 Å². The Bertz CT molecular complexity index is 657. The zero-order chi connectivity index (χ0) is 17.4. The van der Waals surface area contributed by atoms with Gasteiger partial charge in [-0.2, -0.15) is 0 Å². The third-order valence-corrected chi connectivity index (χ3v) is 4.44. The van der Waals surface area contributed by atoms with Crippen molar-refractivity contribution in [2.45, 2.75) is 39.8 Å². The van der Waals surface area contributed by atoms with Crippen LogP contribution in [0.15, 0.2) is 40.7 Å². The number of ether oxygens (including phenoxy) is 1. The highest BCUT2D eigenvalue weighted by molar-refractivity contribution is 14.0. The van der Waals surface area contributed by atoms with E-state index in [9.17, 15) is 0 Å². The van der Waals surface area contributed by atoms with Crippen LogP contribution >= 0.6 is 35.3 Å². The van der Waals surface area contributed by atoms with Gasteiger partial charge in [0.05, 0.1) is 6.10 Å². The second-order valence-corrected chi connectivity index (χ2v) is 6.99. The van der Waals surface area contributed by atoms with E-state index in [0.29, 0.717) is 6.54 Å². The van der Waals surface area contributed by atoms with Crippen LogP contribution in [0.3, 0.4) is 0 Å². The Morgan fingerprint density at radius 1 is 1.24 bits per heavy atom. The van der Waals surface area contributed by atoms with Crippen molar-refractivity contribution in [1.29, 1.82) is 0 Å². The fraction of sp³-hybridized carbons (Fsp3) is 0.421. The Hall–Kier alpha value is -1.28. The minimum atomic E-state index is 0. The number of halogens is 1. The van der Waals surface area contributed by atoms with E-state index in [1.54, 1.807) is 18.4 Å². The van der Waals surface area contributed by atoms with Gasteiger partial charge in [0.25, 0.3) is 0 Å². The summed E-state index contributed by atoms with van der Waals surface area (Å²) in [6.45, 7) is 7.72. The minimum Gasteiger partial charge on any atom is -0.491 e. The lowest BCUT2D eigenvalue weighted by Crippen LogP contribution is -2.37. The molecule has 0 amide bonds. The van der Waals surface area contributed by atoms with Gasteiger partial charge in [0, 0.05) is 30.6 Å². The van der Waals surface area contributed by atoms with E-state index in [1.165, 1.54) is 10.4 Å². The van der Waals surface area contributed by atoms with Crippen LogP contribution in [0, 0.1) is 6.92 Å². The Labute approximate surface area is 172 Å². The van der Waals surface area contributed by atoms with Crippen molar-refractivity contribution >= 4 is 41.3 Å².